The van der Waals surface area contributed by atoms with E-state index in [2.05, 4.69) is 10.2 Å². The molecule has 144 valence electrons. The van der Waals surface area contributed by atoms with Crippen molar-refractivity contribution >= 4 is 17.5 Å². The summed E-state index contributed by atoms with van der Waals surface area (Å²) in [6, 6.07) is 14.3. The Morgan fingerprint density at radius 2 is 1.85 bits per heavy atom. The van der Waals surface area contributed by atoms with E-state index in [4.69, 9.17) is 16.3 Å². The van der Waals surface area contributed by atoms with Crippen molar-refractivity contribution in [2.75, 3.05) is 32.8 Å². The molecule has 27 heavy (non-hydrogen) atoms. The van der Waals surface area contributed by atoms with Crippen molar-refractivity contribution in [3.05, 3.63) is 70.5 Å². The summed E-state index contributed by atoms with van der Waals surface area (Å²) in [6.45, 7) is 3.38. The van der Waals surface area contributed by atoms with Gasteiger partial charge in [0.2, 0.25) is 5.91 Å². The molecule has 0 spiro atoms. The smallest absolute Gasteiger partial charge is 0.220 e. The van der Waals surface area contributed by atoms with Gasteiger partial charge in [0.05, 0.1) is 19.3 Å². The highest BCUT2D eigenvalue weighted by atomic mass is 35.5. The summed E-state index contributed by atoms with van der Waals surface area (Å²) in [5.74, 6) is -0.365. The van der Waals surface area contributed by atoms with Gasteiger partial charge in [-0.15, -0.1) is 0 Å². The second-order valence-electron chi connectivity index (χ2n) is 6.58. The van der Waals surface area contributed by atoms with E-state index in [1.165, 1.54) is 6.07 Å². The summed E-state index contributed by atoms with van der Waals surface area (Å²) in [7, 11) is 0. The van der Waals surface area contributed by atoms with E-state index in [9.17, 15) is 9.18 Å². The van der Waals surface area contributed by atoms with E-state index in [1.807, 2.05) is 24.3 Å². The predicted molar refractivity (Wildman–Crippen MR) is 104 cm³/mol. The Labute approximate surface area is 164 Å². The van der Waals surface area contributed by atoms with Gasteiger partial charge in [-0.1, -0.05) is 48.0 Å². The quantitative estimate of drug-likeness (QED) is 0.785. The highest BCUT2D eigenvalue weighted by molar-refractivity contribution is 6.31. The number of amides is 1. The molecule has 1 saturated heterocycles. The molecule has 4 nitrogen and oxygen atoms in total. The molecule has 0 unspecified atom stereocenters. The number of morpholine rings is 1. The maximum absolute atomic E-state index is 13.7. The van der Waals surface area contributed by atoms with Gasteiger partial charge in [-0.05, 0) is 29.7 Å². The molecule has 1 atom stereocenters. The van der Waals surface area contributed by atoms with Crippen LogP contribution in [0, 0.1) is 5.82 Å². The van der Waals surface area contributed by atoms with Crippen LogP contribution in [0.25, 0.3) is 0 Å². The first kappa shape index (κ1) is 19.8. The molecule has 6 heteroatoms. The molecule has 0 bridgehead atoms. The maximum Gasteiger partial charge on any atom is 0.220 e. The lowest BCUT2D eigenvalue weighted by Crippen LogP contribution is -2.44. The van der Waals surface area contributed by atoms with Gasteiger partial charge in [-0.25, -0.2) is 4.39 Å². The van der Waals surface area contributed by atoms with Crippen LogP contribution < -0.4 is 5.32 Å². The fourth-order valence-electron chi connectivity index (χ4n) is 3.32. The van der Waals surface area contributed by atoms with Crippen molar-refractivity contribution in [1.29, 1.82) is 0 Å². The zero-order chi connectivity index (χ0) is 19.1. The van der Waals surface area contributed by atoms with E-state index in [0.717, 1.165) is 18.7 Å². The number of ether oxygens (including phenoxy) is 1. The lowest BCUT2D eigenvalue weighted by atomic mass is 10.0. The third kappa shape index (κ3) is 5.51. The molecule has 1 aliphatic heterocycles. The van der Waals surface area contributed by atoms with Crippen molar-refractivity contribution in [2.24, 2.45) is 0 Å². The first-order valence-corrected chi connectivity index (χ1v) is 9.59. The minimum Gasteiger partial charge on any atom is -0.379 e. The van der Waals surface area contributed by atoms with E-state index >= 15 is 0 Å². The summed E-state index contributed by atoms with van der Waals surface area (Å²) >= 11 is 6.40. The molecule has 1 amide bonds. The van der Waals surface area contributed by atoms with Crippen molar-refractivity contribution in [1.82, 2.24) is 10.2 Å². The average molecular weight is 391 g/mol. The van der Waals surface area contributed by atoms with Gasteiger partial charge in [-0.2, -0.15) is 0 Å². The molecule has 0 aromatic heterocycles. The van der Waals surface area contributed by atoms with E-state index in [-0.39, 0.29) is 24.2 Å². The van der Waals surface area contributed by atoms with Crippen LogP contribution in [0.3, 0.4) is 0 Å². The van der Waals surface area contributed by atoms with Crippen molar-refractivity contribution in [3.63, 3.8) is 0 Å². The Morgan fingerprint density at radius 1 is 1.15 bits per heavy atom. The van der Waals surface area contributed by atoms with Gasteiger partial charge in [0, 0.05) is 31.1 Å². The van der Waals surface area contributed by atoms with E-state index in [0.29, 0.717) is 36.8 Å². The van der Waals surface area contributed by atoms with Crippen LogP contribution in [0.15, 0.2) is 48.5 Å². The monoisotopic (exact) mass is 390 g/mol. The molecular formula is C21H24ClFN2O2. The molecule has 1 heterocycles. The number of carbonyl (C=O) groups excluding carboxylic acids is 1. The van der Waals surface area contributed by atoms with Gasteiger partial charge in [-0.3, -0.25) is 9.69 Å². The third-order valence-corrected chi connectivity index (χ3v) is 5.17. The molecule has 3 rings (SSSR count). The SMILES string of the molecule is O=C(CCc1ccccc1F)NC[C@@H](c1ccccc1Cl)N1CCOCC1. The largest absolute Gasteiger partial charge is 0.379 e. The Morgan fingerprint density at radius 3 is 2.59 bits per heavy atom. The molecule has 2 aromatic carbocycles. The fourth-order valence-corrected chi connectivity index (χ4v) is 3.58. The number of nitrogens with one attached hydrogen (secondary N) is 1. The van der Waals surface area contributed by atoms with Crippen molar-refractivity contribution in [2.45, 2.75) is 18.9 Å². The van der Waals surface area contributed by atoms with Crippen LogP contribution in [-0.4, -0.2) is 43.7 Å². The molecule has 0 saturated carbocycles. The van der Waals surface area contributed by atoms with Crippen LogP contribution in [-0.2, 0) is 16.0 Å². The Kier molecular flexibility index (Phi) is 7.21. The zero-order valence-electron chi connectivity index (χ0n) is 15.2. The summed E-state index contributed by atoms with van der Waals surface area (Å²) in [4.78, 5) is 14.6. The number of hydrogen-bond acceptors (Lipinski definition) is 3. The lowest BCUT2D eigenvalue weighted by Gasteiger charge is -2.35. The van der Waals surface area contributed by atoms with Crippen molar-refractivity contribution in [3.8, 4) is 0 Å². The summed E-state index contributed by atoms with van der Waals surface area (Å²) < 4.78 is 19.1. The third-order valence-electron chi connectivity index (χ3n) is 4.82. The van der Waals surface area contributed by atoms with Gasteiger partial charge >= 0.3 is 0 Å². The molecule has 1 fully saturated rings. The number of nitrogens with zero attached hydrogens (tertiary/aromatic N) is 1. The highest BCUT2D eigenvalue weighted by Gasteiger charge is 2.24. The second kappa shape index (κ2) is 9.83. The molecule has 1 N–H and O–H groups in total. The van der Waals surface area contributed by atoms with Crippen LogP contribution in [0.1, 0.15) is 23.6 Å². The predicted octanol–water partition coefficient (Wildman–Crippen LogP) is 3.60. The number of aryl methyl sites for hydroxylation is 1. The van der Waals surface area contributed by atoms with Crippen molar-refractivity contribution < 1.29 is 13.9 Å². The second-order valence-corrected chi connectivity index (χ2v) is 6.99. The fraction of sp³-hybridized carbons (Fsp3) is 0.381. The van der Waals surface area contributed by atoms with E-state index in [1.54, 1.807) is 18.2 Å². The number of hydrogen-bond donors (Lipinski definition) is 1. The highest BCUT2D eigenvalue weighted by Crippen LogP contribution is 2.27. The van der Waals surface area contributed by atoms with Crippen LogP contribution in [0.5, 0.6) is 0 Å². The molecule has 1 aliphatic rings. The first-order chi connectivity index (χ1) is 13.1. The summed E-state index contributed by atoms with van der Waals surface area (Å²) in [6.07, 6.45) is 0.631. The van der Waals surface area contributed by atoms with Gasteiger partial charge in [0.15, 0.2) is 0 Å². The number of halogens is 2. The standard InChI is InChI=1S/C21H24ClFN2O2/c22-18-7-3-2-6-17(18)20(25-11-13-27-14-12-25)15-24-21(26)10-9-16-5-1-4-8-19(16)23/h1-8,20H,9-15H2,(H,24,26)/t20-/m0/s1. The van der Waals surface area contributed by atoms with Crippen LogP contribution in [0.4, 0.5) is 4.39 Å². The zero-order valence-corrected chi connectivity index (χ0v) is 15.9. The normalized spacial score (nSPS) is 16.1. The van der Waals surface area contributed by atoms with E-state index < -0.39 is 0 Å². The molecule has 2 aromatic rings. The summed E-state index contributed by atoms with van der Waals surface area (Å²) in [5, 5.41) is 3.68. The molecule has 0 radical (unpaired) electrons. The minimum absolute atomic E-state index is 0.0139. The number of rotatable bonds is 7. The Hall–Kier alpha value is -1.95. The maximum atomic E-state index is 13.7. The lowest BCUT2D eigenvalue weighted by molar-refractivity contribution is -0.121. The number of benzene rings is 2. The summed E-state index contributed by atoms with van der Waals surface area (Å²) in [5.41, 5.74) is 1.55. The topological polar surface area (TPSA) is 41.6 Å². The first-order valence-electron chi connectivity index (χ1n) is 9.21. The van der Waals surface area contributed by atoms with Gasteiger partial charge < -0.3 is 10.1 Å². The minimum atomic E-state index is -0.271. The number of carbonyl (C=O) groups is 1. The van der Waals surface area contributed by atoms with Gasteiger partial charge in [0.1, 0.15) is 5.82 Å². The van der Waals surface area contributed by atoms with Crippen LogP contribution >= 0.6 is 11.6 Å². The Bertz CT molecular complexity index is 765. The Balaban J connectivity index is 1.61. The average Bonchev–Trinajstić information content (AvgIpc) is 2.69. The molecule has 0 aliphatic carbocycles. The van der Waals surface area contributed by atoms with Gasteiger partial charge in [0.25, 0.3) is 0 Å². The van der Waals surface area contributed by atoms with Crippen LogP contribution in [0.2, 0.25) is 5.02 Å². The molecular weight excluding hydrogens is 367 g/mol.